The van der Waals surface area contributed by atoms with E-state index in [9.17, 15) is 0 Å². The van der Waals surface area contributed by atoms with E-state index in [-0.39, 0.29) is 0 Å². The summed E-state index contributed by atoms with van der Waals surface area (Å²) >= 11 is 1.85. The Balaban J connectivity index is 1.05. The third-order valence-corrected chi connectivity index (χ3v) is 10.5. The highest BCUT2D eigenvalue weighted by atomic mass is 32.1. The first-order valence-corrected chi connectivity index (χ1v) is 17.4. The van der Waals surface area contributed by atoms with Gasteiger partial charge < -0.3 is 4.42 Å². The minimum Gasteiger partial charge on any atom is -0.456 e. The van der Waals surface area contributed by atoms with Crippen LogP contribution in [0.3, 0.4) is 0 Å². The Hall–Kier alpha value is -6.43. The molecule has 10 rings (SSSR count). The van der Waals surface area contributed by atoms with Crippen molar-refractivity contribution in [3.05, 3.63) is 164 Å². The molecule has 0 fully saturated rings. The first kappa shape index (κ1) is 28.6. The Morgan fingerprint density at radius 3 is 1.76 bits per heavy atom. The van der Waals surface area contributed by atoms with Gasteiger partial charge in [-0.15, -0.1) is 11.3 Å². The van der Waals surface area contributed by atoms with Crippen LogP contribution in [-0.4, -0.2) is 15.0 Å². The van der Waals surface area contributed by atoms with E-state index in [4.69, 9.17) is 19.4 Å². The van der Waals surface area contributed by atoms with E-state index in [2.05, 4.69) is 103 Å². The van der Waals surface area contributed by atoms with Crippen LogP contribution in [0.15, 0.2) is 168 Å². The molecular weight excluding hydrogens is 631 g/mol. The van der Waals surface area contributed by atoms with Gasteiger partial charge in [-0.1, -0.05) is 127 Å². The summed E-state index contributed by atoms with van der Waals surface area (Å²) in [5, 5.41) is 4.66. The highest BCUT2D eigenvalue weighted by Crippen LogP contribution is 2.38. The van der Waals surface area contributed by atoms with E-state index >= 15 is 0 Å². The lowest BCUT2D eigenvalue weighted by molar-refractivity contribution is 0.669. The fourth-order valence-corrected chi connectivity index (χ4v) is 7.98. The van der Waals surface area contributed by atoms with Crippen LogP contribution in [0, 0.1) is 0 Å². The van der Waals surface area contributed by atoms with Crippen molar-refractivity contribution < 1.29 is 4.42 Å². The Bertz CT molecular complexity index is 2870. The molecule has 0 saturated heterocycles. The van der Waals surface area contributed by atoms with Crippen molar-refractivity contribution in [2.45, 2.75) is 0 Å². The number of hydrogen-bond donors (Lipinski definition) is 0. The van der Waals surface area contributed by atoms with Crippen LogP contribution in [0.5, 0.6) is 0 Å². The van der Waals surface area contributed by atoms with Gasteiger partial charge in [0.1, 0.15) is 11.2 Å². The summed E-state index contributed by atoms with van der Waals surface area (Å²) in [5.74, 6) is 1.86. The number of furan rings is 1. The van der Waals surface area contributed by atoms with Gasteiger partial charge >= 0.3 is 0 Å². The second kappa shape index (κ2) is 11.6. The predicted octanol–water partition coefficient (Wildman–Crippen LogP) is 12.5. The number of nitrogens with zero attached hydrogens (tertiary/aromatic N) is 3. The lowest BCUT2D eigenvalue weighted by Gasteiger charge is -2.10. The molecule has 0 aliphatic rings. The monoisotopic (exact) mass is 657 g/mol. The van der Waals surface area contributed by atoms with Gasteiger partial charge in [0.15, 0.2) is 17.5 Å². The first-order chi connectivity index (χ1) is 24.7. The summed E-state index contributed by atoms with van der Waals surface area (Å²) in [5.41, 5.74) is 9.11. The number of fused-ring (bicyclic) bond motifs is 6. The van der Waals surface area contributed by atoms with Crippen LogP contribution in [0.4, 0.5) is 0 Å². The maximum absolute atomic E-state index is 6.20. The van der Waals surface area contributed by atoms with Crippen LogP contribution in [0.2, 0.25) is 0 Å². The smallest absolute Gasteiger partial charge is 0.164 e. The summed E-state index contributed by atoms with van der Waals surface area (Å²) in [6, 6.07) is 57.0. The fourth-order valence-electron chi connectivity index (χ4n) is 6.90. The molecular formula is C45H27N3OS. The van der Waals surface area contributed by atoms with E-state index in [1.165, 1.54) is 31.3 Å². The Morgan fingerprint density at radius 2 is 0.920 bits per heavy atom. The van der Waals surface area contributed by atoms with Gasteiger partial charge in [-0.3, -0.25) is 0 Å². The molecule has 0 atom stereocenters. The van der Waals surface area contributed by atoms with E-state index in [1.807, 2.05) is 72.0 Å². The van der Waals surface area contributed by atoms with Gasteiger partial charge in [0, 0.05) is 47.6 Å². The van der Waals surface area contributed by atoms with Crippen molar-refractivity contribution >= 4 is 53.4 Å². The third kappa shape index (κ3) is 4.87. The van der Waals surface area contributed by atoms with Gasteiger partial charge in [0.25, 0.3) is 0 Å². The molecule has 0 N–H and O–H groups in total. The van der Waals surface area contributed by atoms with Gasteiger partial charge in [-0.05, 0) is 58.7 Å². The quantitative estimate of drug-likeness (QED) is 0.185. The molecule has 3 aromatic heterocycles. The van der Waals surface area contributed by atoms with Crippen molar-refractivity contribution in [3.63, 3.8) is 0 Å². The summed E-state index contributed by atoms with van der Waals surface area (Å²) in [4.78, 5) is 15.1. The van der Waals surface area contributed by atoms with Gasteiger partial charge in [0.05, 0.1) is 0 Å². The number of para-hydroxylation sites is 1. The summed E-state index contributed by atoms with van der Waals surface area (Å²) < 4.78 is 8.83. The molecule has 0 aliphatic heterocycles. The molecule has 50 heavy (non-hydrogen) atoms. The summed E-state index contributed by atoms with van der Waals surface area (Å²) in [7, 11) is 0. The van der Waals surface area contributed by atoms with Crippen LogP contribution in [-0.2, 0) is 0 Å². The maximum atomic E-state index is 6.20. The van der Waals surface area contributed by atoms with Crippen molar-refractivity contribution in [1.29, 1.82) is 0 Å². The van der Waals surface area contributed by atoms with Gasteiger partial charge in [-0.2, -0.15) is 0 Å². The van der Waals surface area contributed by atoms with Gasteiger partial charge in [0.2, 0.25) is 0 Å². The number of hydrogen-bond acceptors (Lipinski definition) is 5. The lowest BCUT2D eigenvalue weighted by atomic mass is 9.97. The standard InChI is InChI=1S/C45H27N3OS/c1-2-10-29(11-3-1)43-46-44(48-45(47-43)36-16-9-18-39-42(36)35-15-4-6-17-38(35)49-39)30-22-20-28(21-23-30)31-12-8-13-32(26-31)33-24-25-41-37(27-33)34-14-5-7-19-40(34)50-41/h1-27H. The topological polar surface area (TPSA) is 51.8 Å². The van der Waals surface area contributed by atoms with Crippen LogP contribution in [0.1, 0.15) is 0 Å². The SMILES string of the molecule is c1ccc(-c2nc(-c3ccc(-c4cccc(-c5ccc6sc7ccccc7c6c5)c4)cc3)nc(-c3cccc4oc5ccccc5c34)n2)cc1. The number of thiophene rings is 1. The normalized spacial score (nSPS) is 11.6. The molecule has 3 heterocycles. The minimum atomic E-state index is 0.609. The molecule has 5 heteroatoms. The number of rotatable bonds is 5. The molecule has 0 amide bonds. The largest absolute Gasteiger partial charge is 0.456 e. The second-order valence-corrected chi connectivity index (χ2v) is 13.5. The highest BCUT2D eigenvalue weighted by molar-refractivity contribution is 7.25. The highest BCUT2D eigenvalue weighted by Gasteiger charge is 2.18. The zero-order valence-corrected chi connectivity index (χ0v) is 27.6. The van der Waals surface area contributed by atoms with Crippen LogP contribution < -0.4 is 0 Å². The molecule has 4 nitrogen and oxygen atoms in total. The van der Waals surface area contributed by atoms with E-state index in [0.29, 0.717) is 17.5 Å². The van der Waals surface area contributed by atoms with Gasteiger partial charge in [-0.25, -0.2) is 15.0 Å². The van der Waals surface area contributed by atoms with Crippen LogP contribution >= 0.6 is 11.3 Å². The molecule has 0 radical (unpaired) electrons. The summed E-state index contributed by atoms with van der Waals surface area (Å²) in [6.07, 6.45) is 0. The molecule has 10 aromatic rings. The zero-order chi connectivity index (χ0) is 33.0. The average Bonchev–Trinajstić information content (AvgIpc) is 3.76. The van der Waals surface area contributed by atoms with E-state index in [1.54, 1.807) is 0 Å². The molecule has 0 saturated carbocycles. The molecule has 0 bridgehead atoms. The Labute approximate surface area is 292 Å². The Morgan fingerprint density at radius 1 is 0.360 bits per heavy atom. The fraction of sp³-hybridized carbons (Fsp3) is 0. The third-order valence-electron chi connectivity index (χ3n) is 9.36. The molecule has 0 spiro atoms. The number of benzene rings is 7. The second-order valence-electron chi connectivity index (χ2n) is 12.4. The number of aromatic nitrogens is 3. The average molecular weight is 658 g/mol. The molecule has 0 aliphatic carbocycles. The molecule has 234 valence electrons. The van der Waals surface area contributed by atoms with Crippen molar-refractivity contribution in [2.24, 2.45) is 0 Å². The van der Waals surface area contributed by atoms with Crippen molar-refractivity contribution in [2.75, 3.05) is 0 Å². The minimum absolute atomic E-state index is 0.609. The van der Waals surface area contributed by atoms with E-state index < -0.39 is 0 Å². The van der Waals surface area contributed by atoms with Crippen molar-refractivity contribution in [3.8, 4) is 56.4 Å². The predicted molar refractivity (Wildman–Crippen MR) is 207 cm³/mol. The maximum Gasteiger partial charge on any atom is 0.164 e. The van der Waals surface area contributed by atoms with Crippen molar-refractivity contribution in [1.82, 2.24) is 15.0 Å². The first-order valence-electron chi connectivity index (χ1n) is 16.6. The molecule has 7 aromatic carbocycles. The summed E-state index contributed by atoms with van der Waals surface area (Å²) in [6.45, 7) is 0. The Kier molecular flexibility index (Phi) is 6.64. The molecule has 0 unspecified atom stereocenters. The van der Waals surface area contributed by atoms with Crippen LogP contribution in [0.25, 0.3) is 98.5 Å². The lowest BCUT2D eigenvalue weighted by Crippen LogP contribution is -2.00. The van der Waals surface area contributed by atoms with E-state index in [0.717, 1.165) is 49.8 Å². The zero-order valence-electron chi connectivity index (χ0n) is 26.7.